The second-order valence-corrected chi connectivity index (χ2v) is 6.50. The second kappa shape index (κ2) is 7.53. The highest BCUT2D eigenvalue weighted by molar-refractivity contribution is 5.92. The second-order valence-electron chi connectivity index (χ2n) is 6.50. The number of hydrogen-bond acceptors (Lipinski definition) is 2. The van der Waals surface area contributed by atoms with Gasteiger partial charge in [0, 0.05) is 38.4 Å². The first-order chi connectivity index (χ1) is 11.2. The molecule has 2 fully saturated rings. The minimum Gasteiger partial charge on any atom is -0.357 e. The van der Waals surface area contributed by atoms with Crippen molar-refractivity contribution in [1.82, 2.24) is 20.1 Å². The van der Waals surface area contributed by atoms with Gasteiger partial charge in [0.15, 0.2) is 0 Å². The lowest BCUT2D eigenvalue weighted by Crippen LogP contribution is -2.47. The number of amides is 3. The van der Waals surface area contributed by atoms with Gasteiger partial charge in [-0.3, -0.25) is 4.79 Å². The summed E-state index contributed by atoms with van der Waals surface area (Å²) in [5.74, 6) is 0.0181. The molecule has 3 rings (SSSR count). The molecule has 0 unspecified atom stereocenters. The third kappa shape index (κ3) is 4.06. The van der Waals surface area contributed by atoms with Crippen molar-refractivity contribution in [2.45, 2.75) is 44.6 Å². The number of hydrogen-bond donors (Lipinski definition) is 2. The molecule has 1 saturated heterocycles. The number of nitrogens with zero attached hydrogens (tertiary/aromatic N) is 2. The van der Waals surface area contributed by atoms with E-state index in [4.69, 9.17) is 0 Å². The fourth-order valence-corrected chi connectivity index (χ4v) is 3.47. The van der Waals surface area contributed by atoms with E-state index in [0.717, 1.165) is 19.3 Å². The first-order valence-corrected chi connectivity index (χ1v) is 8.72. The van der Waals surface area contributed by atoms with Crippen molar-refractivity contribution in [3.8, 4) is 0 Å². The number of aromatic amines is 1. The summed E-state index contributed by atoms with van der Waals surface area (Å²) in [6, 6.07) is 3.98. The predicted molar refractivity (Wildman–Crippen MR) is 88.3 cm³/mol. The van der Waals surface area contributed by atoms with E-state index in [-0.39, 0.29) is 11.9 Å². The number of H-pyrrole nitrogens is 1. The number of carbonyl (C=O) groups is 2. The lowest BCUT2D eigenvalue weighted by molar-refractivity contribution is 0.0757. The molecular formula is C17H26N4O2. The van der Waals surface area contributed by atoms with E-state index in [1.54, 1.807) is 12.3 Å². The van der Waals surface area contributed by atoms with Gasteiger partial charge in [-0.1, -0.05) is 19.3 Å². The summed E-state index contributed by atoms with van der Waals surface area (Å²) in [5, 5.41) is 3.17. The zero-order chi connectivity index (χ0) is 16.1. The molecule has 1 aromatic heterocycles. The van der Waals surface area contributed by atoms with Gasteiger partial charge in [0.2, 0.25) is 0 Å². The molecule has 0 radical (unpaired) electrons. The van der Waals surface area contributed by atoms with E-state index >= 15 is 0 Å². The molecule has 6 nitrogen and oxygen atoms in total. The molecule has 3 amide bonds. The maximum Gasteiger partial charge on any atom is 0.317 e. The highest BCUT2D eigenvalue weighted by Gasteiger charge is 2.24. The van der Waals surface area contributed by atoms with Crippen molar-refractivity contribution in [1.29, 1.82) is 0 Å². The molecule has 6 heteroatoms. The summed E-state index contributed by atoms with van der Waals surface area (Å²) in [5.41, 5.74) is 0.616. The van der Waals surface area contributed by atoms with Crippen molar-refractivity contribution in [3.05, 3.63) is 24.0 Å². The number of nitrogens with one attached hydrogen (secondary N) is 2. The third-order valence-electron chi connectivity index (χ3n) is 4.83. The van der Waals surface area contributed by atoms with Crippen LogP contribution in [0.2, 0.25) is 0 Å². The molecule has 0 spiro atoms. The van der Waals surface area contributed by atoms with Gasteiger partial charge < -0.3 is 20.1 Å². The van der Waals surface area contributed by atoms with Gasteiger partial charge in [0.1, 0.15) is 5.69 Å². The van der Waals surface area contributed by atoms with Crippen LogP contribution in [0.3, 0.4) is 0 Å². The van der Waals surface area contributed by atoms with Crippen LogP contribution in [0.25, 0.3) is 0 Å². The number of carbonyl (C=O) groups excluding carboxylic acids is 2. The van der Waals surface area contributed by atoms with Crippen molar-refractivity contribution < 1.29 is 9.59 Å². The number of urea groups is 1. The Balaban J connectivity index is 1.51. The number of rotatable bonds is 2. The van der Waals surface area contributed by atoms with Crippen LogP contribution in [-0.2, 0) is 0 Å². The van der Waals surface area contributed by atoms with Crippen LogP contribution >= 0.6 is 0 Å². The molecule has 1 saturated carbocycles. The average Bonchev–Trinajstić information content (AvgIpc) is 2.99. The van der Waals surface area contributed by atoms with E-state index < -0.39 is 0 Å². The molecule has 126 valence electrons. The summed E-state index contributed by atoms with van der Waals surface area (Å²) >= 11 is 0. The topological polar surface area (TPSA) is 68.4 Å². The predicted octanol–water partition coefficient (Wildman–Crippen LogP) is 2.20. The quantitative estimate of drug-likeness (QED) is 0.878. The zero-order valence-corrected chi connectivity index (χ0v) is 13.6. The smallest absolute Gasteiger partial charge is 0.317 e. The van der Waals surface area contributed by atoms with Crippen molar-refractivity contribution in [2.75, 3.05) is 26.2 Å². The summed E-state index contributed by atoms with van der Waals surface area (Å²) < 4.78 is 0. The highest BCUT2D eigenvalue weighted by atomic mass is 16.2. The molecule has 1 aliphatic heterocycles. The Labute approximate surface area is 137 Å². The van der Waals surface area contributed by atoms with Crippen LogP contribution in [0, 0.1) is 0 Å². The van der Waals surface area contributed by atoms with Crippen LogP contribution < -0.4 is 5.32 Å². The standard InChI is InChI=1S/C17H26N4O2/c22-16(15-8-4-9-18-15)20-10-5-11-21(13-12-20)17(23)19-14-6-2-1-3-7-14/h4,8-9,14,18H,1-3,5-7,10-13H2,(H,19,23). The van der Waals surface area contributed by atoms with Crippen molar-refractivity contribution in [3.63, 3.8) is 0 Å². The lowest BCUT2D eigenvalue weighted by atomic mass is 9.96. The SMILES string of the molecule is O=C(NC1CCCCC1)N1CCCN(C(=O)c2ccc[nH]2)CC1. The third-order valence-corrected chi connectivity index (χ3v) is 4.83. The van der Waals surface area contributed by atoms with Gasteiger partial charge in [-0.05, 0) is 31.4 Å². The van der Waals surface area contributed by atoms with Crippen molar-refractivity contribution in [2.24, 2.45) is 0 Å². The summed E-state index contributed by atoms with van der Waals surface area (Å²) in [6.45, 7) is 2.61. The van der Waals surface area contributed by atoms with Crippen molar-refractivity contribution >= 4 is 11.9 Å². The average molecular weight is 318 g/mol. The molecule has 1 aromatic rings. The Kier molecular flexibility index (Phi) is 5.20. The lowest BCUT2D eigenvalue weighted by Gasteiger charge is -2.27. The molecule has 2 aliphatic rings. The molecule has 2 heterocycles. The maximum atomic E-state index is 12.4. The van der Waals surface area contributed by atoms with E-state index in [9.17, 15) is 9.59 Å². The summed E-state index contributed by atoms with van der Waals surface area (Å²) in [4.78, 5) is 31.5. The normalized spacial score (nSPS) is 20.2. The Hall–Kier alpha value is -1.98. The highest BCUT2D eigenvalue weighted by Crippen LogP contribution is 2.18. The van der Waals surface area contributed by atoms with E-state index in [1.165, 1.54) is 19.3 Å². The van der Waals surface area contributed by atoms with Gasteiger partial charge in [0.05, 0.1) is 0 Å². The monoisotopic (exact) mass is 318 g/mol. The first kappa shape index (κ1) is 15.9. The minimum atomic E-state index is 0.0181. The van der Waals surface area contributed by atoms with Crippen LogP contribution in [0.15, 0.2) is 18.3 Å². The Morgan fingerprint density at radius 1 is 1.00 bits per heavy atom. The van der Waals surface area contributed by atoms with Gasteiger partial charge in [0.25, 0.3) is 5.91 Å². The summed E-state index contributed by atoms with van der Waals surface area (Å²) in [7, 11) is 0. The van der Waals surface area contributed by atoms with E-state index in [2.05, 4.69) is 10.3 Å². The van der Waals surface area contributed by atoms with Crippen LogP contribution in [0.4, 0.5) is 4.79 Å². The maximum absolute atomic E-state index is 12.4. The molecule has 1 aliphatic carbocycles. The van der Waals surface area contributed by atoms with Gasteiger partial charge >= 0.3 is 6.03 Å². The van der Waals surface area contributed by atoms with Gasteiger partial charge in [-0.2, -0.15) is 0 Å². The molecule has 23 heavy (non-hydrogen) atoms. The largest absolute Gasteiger partial charge is 0.357 e. The Morgan fingerprint density at radius 3 is 2.48 bits per heavy atom. The fraction of sp³-hybridized carbons (Fsp3) is 0.647. The van der Waals surface area contributed by atoms with Crippen LogP contribution in [0.5, 0.6) is 0 Å². The fourth-order valence-electron chi connectivity index (χ4n) is 3.47. The molecule has 0 bridgehead atoms. The minimum absolute atomic E-state index is 0.0181. The Morgan fingerprint density at radius 2 is 1.74 bits per heavy atom. The van der Waals surface area contributed by atoms with Gasteiger partial charge in [-0.25, -0.2) is 4.79 Å². The Bertz CT molecular complexity index is 523. The molecule has 2 N–H and O–H groups in total. The van der Waals surface area contributed by atoms with E-state index in [0.29, 0.717) is 37.9 Å². The first-order valence-electron chi connectivity index (χ1n) is 8.72. The van der Waals surface area contributed by atoms with Crippen LogP contribution in [-0.4, -0.2) is 58.9 Å². The van der Waals surface area contributed by atoms with Crippen LogP contribution in [0.1, 0.15) is 49.0 Å². The molecule has 0 atom stereocenters. The molecular weight excluding hydrogens is 292 g/mol. The van der Waals surface area contributed by atoms with E-state index in [1.807, 2.05) is 15.9 Å². The molecule has 0 aromatic carbocycles. The van der Waals surface area contributed by atoms with Gasteiger partial charge in [-0.15, -0.1) is 0 Å². The number of aromatic nitrogens is 1. The summed E-state index contributed by atoms with van der Waals surface area (Å²) in [6.07, 6.45) is 8.48. The zero-order valence-electron chi connectivity index (χ0n) is 13.6.